The molecule has 12 aromatic rings. The average Bonchev–Trinajstić information content (AvgIpc) is 4.31. The van der Waals surface area contributed by atoms with Crippen molar-refractivity contribution in [2.75, 3.05) is 16.5 Å². The number of hydrogen-bond donors (Lipinski definition) is 0. The number of hydrogen-bond acceptors (Lipinski definition) is 5. The van der Waals surface area contributed by atoms with Crippen LogP contribution in [0.2, 0.25) is 0 Å². The van der Waals surface area contributed by atoms with Crippen LogP contribution < -0.4 is 14.5 Å². The predicted octanol–water partition coefficient (Wildman–Crippen LogP) is 18.2. The predicted molar refractivity (Wildman–Crippen MR) is 319 cm³/mol. The van der Waals surface area contributed by atoms with Gasteiger partial charge in [0.2, 0.25) is 0 Å². The van der Waals surface area contributed by atoms with E-state index >= 15 is 0 Å². The third-order valence-corrected chi connectivity index (χ3v) is 15.9. The number of para-hydroxylation sites is 1. The van der Waals surface area contributed by atoms with Gasteiger partial charge in [-0.2, -0.15) is 0 Å². The molecule has 0 spiro atoms. The van der Waals surface area contributed by atoms with Gasteiger partial charge >= 0.3 is 0 Å². The minimum atomic E-state index is -0.181. The molecular formula is C70H58N6O. The quantitative estimate of drug-likeness (QED) is 0.144. The van der Waals surface area contributed by atoms with Crippen molar-refractivity contribution in [3.05, 3.63) is 235 Å². The normalized spacial score (nSPS) is 13.4. The van der Waals surface area contributed by atoms with Gasteiger partial charge in [-0.25, -0.2) is 9.97 Å². The first-order valence-electron chi connectivity index (χ1n) is 27.0. The van der Waals surface area contributed by atoms with Gasteiger partial charge < -0.3 is 19.1 Å². The number of nitrogens with zero attached hydrogens (tertiary/aromatic N) is 6. The van der Waals surface area contributed by atoms with E-state index in [1.165, 1.54) is 61.2 Å². The van der Waals surface area contributed by atoms with Crippen LogP contribution in [0.15, 0.2) is 219 Å². The van der Waals surface area contributed by atoms with Gasteiger partial charge in [0, 0.05) is 58.9 Å². The summed E-state index contributed by atoms with van der Waals surface area (Å²) in [4.78, 5) is 15.4. The Hall–Kier alpha value is -9.20. The Bertz CT molecular complexity index is 4230. The van der Waals surface area contributed by atoms with Gasteiger partial charge in [-0.15, -0.1) is 0 Å². The van der Waals surface area contributed by atoms with Gasteiger partial charge in [0.1, 0.15) is 29.8 Å². The molecule has 0 unspecified atom stereocenters. The molecule has 77 heavy (non-hydrogen) atoms. The molecule has 0 bridgehead atoms. The molecule has 7 nitrogen and oxygen atoms in total. The van der Waals surface area contributed by atoms with Crippen molar-refractivity contribution in [1.29, 1.82) is 0 Å². The molecule has 9 aromatic carbocycles. The van der Waals surface area contributed by atoms with E-state index in [2.05, 4.69) is 259 Å². The van der Waals surface area contributed by atoms with Crippen LogP contribution in [-0.4, -0.2) is 25.8 Å². The van der Waals surface area contributed by atoms with Crippen molar-refractivity contribution in [2.24, 2.45) is 0 Å². The van der Waals surface area contributed by atoms with Crippen LogP contribution in [0, 0.1) is 6.92 Å². The van der Waals surface area contributed by atoms with Crippen molar-refractivity contribution in [3.8, 4) is 61.8 Å². The second-order valence-corrected chi connectivity index (χ2v) is 21.8. The van der Waals surface area contributed by atoms with Crippen molar-refractivity contribution in [2.45, 2.75) is 58.9 Å². The zero-order valence-corrected chi connectivity index (χ0v) is 43.9. The fraction of sp³-hybridized carbons (Fsp3) is 0.143. The summed E-state index contributed by atoms with van der Waals surface area (Å²) in [5.41, 5.74) is 20.4. The minimum absolute atomic E-state index is 0.181. The first-order valence-corrected chi connectivity index (χ1v) is 27.0. The lowest BCUT2D eigenvalue weighted by Gasteiger charge is -2.27. The Morgan fingerprint density at radius 2 is 1.17 bits per heavy atom. The van der Waals surface area contributed by atoms with E-state index in [4.69, 9.17) is 14.7 Å². The van der Waals surface area contributed by atoms with Gasteiger partial charge in [0.15, 0.2) is 0 Å². The standard InChI is InChI=1S/C70H58N6O/c1-46-35-69(71-44-60(46)49-23-12-7-13-24-49)76-63-28-15-14-27-57(63)58-32-31-55(41-64(58)76)77-56-39-53(70(2,3)4)38-54(40-56)74-45-75(67-43-65-61(42-66(67)74)72-68-29-16-17-34-73(65)68)62-33-30-51(48-21-10-6-11-22-48)37-59(62)52-26-18-25-50(36-52)47-19-8-5-9-20-47/h5-15,18-28,30-33,35-44H,16-17,29,34,45H2,1-4H3. The Labute approximate surface area is 449 Å². The second-order valence-electron chi connectivity index (χ2n) is 21.8. The van der Waals surface area contributed by atoms with E-state index in [0.717, 1.165) is 98.9 Å². The van der Waals surface area contributed by atoms with E-state index in [1.807, 2.05) is 6.20 Å². The zero-order valence-electron chi connectivity index (χ0n) is 43.9. The van der Waals surface area contributed by atoms with Gasteiger partial charge in [-0.05, 0) is 136 Å². The number of rotatable bonds is 9. The summed E-state index contributed by atoms with van der Waals surface area (Å²) in [5.74, 6) is 3.58. The highest BCUT2D eigenvalue weighted by Crippen LogP contribution is 2.51. The van der Waals surface area contributed by atoms with Crippen LogP contribution in [-0.2, 0) is 18.4 Å². The van der Waals surface area contributed by atoms with Gasteiger partial charge in [-0.3, -0.25) is 4.57 Å². The fourth-order valence-electron chi connectivity index (χ4n) is 11.9. The van der Waals surface area contributed by atoms with Crippen LogP contribution in [0.3, 0.4) is 0 Å². The Morgan fingerprint density at radius 3 is 1.94 bits per heavy atom. The maximum atomic E-state index is 7.13. The van der Waals surface area contributed by atoms with Crippen LogP contribution in [0.1, 0.15) is 50.6 Å². The molecule has 0 aliphatic carbocycles. The highest BCUT2D eigenvalue weighted by molar-refractivity contribution is 6.09. The molecule has 0 saturated heterocycles. The summed E-state index contributed by atoms with van der Waals surface area (Å²) >= 11 is 0. The van der Waals surface area contributed by atoms with Crippen LogP contribution in [0.25, 0.3) is 83.2 Å². The number of fused-ring (bicyclic) bond motifs is 7. The molecule has 0 radical (unpaired) electrons. The Kier molecular flexibility index (Phi) is 11.2. The summed E-state index contributed by atoms with van der Waals surface area (Å²) in [6.45, 7) is 10.6. The number of ether oxygens (including phenoxy) is 1. The number of aromatic nitrogens is 4. The molecule has 3 aromatic heterocycles. The molecule has 7 heteroatoms. The van der Waals surface area contributed by atoms with E-state index in [1.54, 1.807) is 0 Å². The molecule has 2 aliphatic rings. The molecule has 0 fully saturated rings. The summed E-state index contributed by atoms with van der Waals surface area (Å²) in [7, 11) is 0. The highest BCUT2D eigenvalue weighted by Gasteiger charge is 2.33. The molecule has 0 N–H and O–H groups in total. The molecule has 2 aliphatic heterocycles. The topological polar surface area (TPSA) is 51.4 Å². The minimum Gasteiger partial charge on any atom is -0.457 e. The third kappa shape index (κ3) is 8.30. The first-order chi connectivity index (χ1) is 37.7. The summed E-state index contributed by atoms with van der Waals surface area (Å²) in [6, 6.07) is 76.8. The molecule has 374 valence electrons. The molecule has 0 atom stereocenters. The lowest BCUT2D eigenvalue weighted by molar-refractivity contribution is 0.479. The summed E-state index contributed by atoms with van der Waals surface area (Å²) < 4.78 is 11.9. The monoisotopic (exact) mass is 998 g/mol. The smallest absolute Gasteiger partial charge is 0.137 e. The molecular weight excluding hydrogens is 941 g/mol. The Morgan fingerprint density at radius 1 is 0.481 bits per heavy atom. The van der Waals surface area contributed by atoms with E-state index < -0.39 is 0 Å². The molecule has 14 rings (SSSR count). The largest absolute Gasteiger partial charge is 0.457 e. The number of anilines is 4. The summed E-state index contributed by atoms with van der Waals surface area (Å²) in [6.07, 6.45) is 5.32. The lowest BCUT2D eigenvalue weighted by atomic mass is 9.86. The zero-order chi connectivity index (χ0) is 51.8. The number of pyridine rings is 1. The maximum Gasteiger partial charge on any atom is 0.137 e. The maximum absolute atomic E-state index is 7.13. The van der Waals surface area contributed by atoms with Gasteiger partial charge in [-0.1, -0.05) is 154 Å². The second kappa shape index (κ2) is 18.6. The number of benzene rings is 9. The highest BCUT2D eigenvalue weighted by atomic mass is 16.5. The third-order valence-electron chi connectivity index (χ3n) is 15.9. The Balaban J connectivity index is 0.902. The number of imidazole rings is 1. The van der Waals surface area contributed by atoms with Gasteiger partial charge in [0.25, 0.3) is 0 Å². The van der Waals surface area contributed by atoms with E-state index in [9.17, 15) is 0 Å². The average molecular weight is 999 g/mol. The summed E-state index contributed by atoms with van der Waals surface area (Å²) in [5, 5.41) is 2.32. The first kappa shape index (κ1) is 46.3. The van der Waals surface area contributed by atoms with Crippen LogP contribution in [0.4, 0.5) is 22.7 Å². The number of aryl methyl sites for hydroxylation is 3. The van der Waals surface area contributed by atoms with Crippen molar-refractivity contribution >= 4 is 55.6 Å². The van der Waals surface area contributed by atoms with Crippen molar-refractivity contribution < 1.29 is 4.74 Å². The van der Waals surface area contributed by atoms with Crippen LogP contribution >= 0.6 is 0 Å². The van der Waals surface area contributed by atoms with Gasteiger partial charge in [0.05, 0.1) is 39.1 Å². The molecule has 0 amide bonds. The fourth-order valence-corrected chi connectivity index (χ4v) is 11.9. The molecule has 0 saturated carbocycles. The lowest BCUT2D eigenvalue weighted by Crippen LogP contribution is -2.25. The van der Waals surface area contributed by atoms with Crippen LogP contribution in [0.5, 0.6) is 11.5 Å². The van der Waals surface area contributed by atoms with E-state index in [-0.39, 0.29) is 5.41 Å². The van der Waals surface area contributed by atoms with Crippen molar-refractivity contribution in [3.63, 3.8) is 0 Å². The SMILES string of the molecule is Cc1cc(-n2c3ccccc3c3ccc(Oc4cc(N5CN(c6ccc(-c7ccccc7)cc6-c6cccc(-c7ccccc7)c6)c6cc7c(cc65)nc5n7CCCC5)cc(C(C)(C)C)c4)cc32)ncc1-c1ccccc1. The van der Waals surface area contributed by atoms with Crippen molar-refractivity contribution in [1.82, 2.24) is 19.1 Å². The molecule has 5 heterocycles. The van der Waals surface area contributed by atoms with E-state index in [0.29, 0.717) is 6.67 Å².